The van der Waals surface area contributed by atoms with Gasteiger partial charge in [-0.05, 0) is 36.6 Å². The Balaban J connectivity index is 1.39. The van der Waals surface area contributed by atoms with Crippen LogP contribution in [0.15, 0.2) is 72.3 Å². The fraction of sp³-hybridized carbons (Fsp3) is 0.227. The van der Waals surface area contributed by atoms with Crippen LogP contribution in [0.1, 0.15) is 18.4 Å². The van der Waals surface area contributed by atoms with Crippen molar-refractivity contribution in [2.24, 2.45) is 0 Å². The summed E-state index contributed by atoms with van der Waals surface area (Å²) in [4.78, 5) is 4.41. The van der Waals surface area contributed by atoms with Crippen molar-refractivity contribution in [3.05, 3.63) is 77.8 Å². The first-order valence-corrected chi connectivity index (χ1v) is 10.9. The minimum absolute atomic E-state index is 0.0165. The third-order valence-electron chi connectivity index (χ3n) is 4.88. The topological polar surface area (TPSA) is 59.5 Å². The molecule has 1 aliphatic rings. The second-order valence-corrected chi connectivity index (χ2v) is 8.62. The van der Waals surface area contributed by atoms with E-state index in [2.05, 4.69) is 4.98 Å². The number of aromatic nitrogens is 1. The Kier molecular flexibility index (Phi) is 5.41. The van der Waals surface area contributed by atoms with Crippen molar-refractivity contribution < 1.29 is 13.2 Å². The molecule has 0 bridgehead atoms. The van der Waals surface area contributed by atoms with Crippen LogP contribution in [0.5, 0.6) is 5.75 Å². The van der Waals surface area contributed by atoms with Crippen LogP contribution in [0.4, 0.5) is 0 Å². The van der Waals surface area contributed by atoms with Gasteiger partial charge in [-0.3, -0.25) is 4.98 Å². The number of nitrogens with zero attached hydrogens (tertiary/aromatic N) is 2. The second kappa shape index (κ2) is 8.12. The second-order valence-electron chi connectivity index (χ2n) is 6.81. The van der Waals surface area contributed by atoms with Gasteiger partial charge in [0.25, 0.3) is 0 Å². The molecule has 3 aromatic rings. The molecule has 6 heteroatoms. The lowest BCUT2D eigenvalue weighted by molar-refractivity contribution is 0.137. The number of piperidine rings is 1. The number of benzene rings is 2. The fourth-order valence-corrected chi connectivity index (χ4v) is 4.59. The number of fused-ring (bicyclic) bond motifs is 1. The van der Waals surface area contributed by atoms with Crippen molar-refractivity contribution in [3.63, 3.8) is 0 Å². The lowest BCUT2D eigenvalue weighted by Gasteiger charge is -2.30. The molecular weight excluding hydrogens is 372 g/mol. The van der Waals surface area contributed by atoms with Gasteiger partial charge in [0.05, 0.1) is 0 Å². The molecule has 1 aromatic heterocycles. The molecule has 28 heavy (non-hydrogen) atoms. The van der Waals surface area contributed by atoms with Gasteiger partial charge in [-0.2, -0.15) is 4.31 Å². The number of sulfonamides is 1. The van der Waals surface area contributed by atoms with E-state index in [1.165, 1.54) is 9.71 Å². The highest BCUT2D eigenvalue weighted by molar-refractivity contribution is 7.92. The minimum Gasteiger partial charge on any atom is -0.488 e. The number of rotatable bonds is 5. The third-order valence-corrected chi connectivity index (χ3v) is 6.45. The van der Waals surface area contributed by atoms with E-state index in [1.807, 2.05) is 60.7 Å². The van der Waals surface area contributed by atoms with Crippen LogP contribution in [-0.4, -0.2) is 36.9 Å². The summed E-state index contributed by atoms with van der Waals surface area (Å²) in [7, 11) is -3.43. The highest BCUT2D eigenvalue weighted by Crippen LogP contribution is 2.27. The van der Waals surface area contributed by atoms with E-state index < -0.39 is 10.0 Å². The van der Waals surface area contributed by atoms with Crippen LogP contribution in [0.2, 0.25) is 0 Å². The summed E-state index contributed by atoms with van der Waals surface area (Å²) >= 11 is 0. The molecule has 1 fully saturated rings. The van der Waals surface area contributed by atoms with Gasteiger partial charge in [0, 0.05) is 30.1 Å². The predicted octanol–water partition coefficient (Wildman–Crippen LogP) is 4.08. The van der Waals surface area contributed by atoms with Crippen molar-refractivity contribution >= 4 is 27.0 Å². The first kappa shape index (κ1) is 18.7. The number of hydrogen-bond donors (Lipinski definition) is 0. The van der Waals surface area contributed by atoms with E-state index >= 15 is 0 Å². The van der Waals surface area contributed by atoms with E-state index in [9.17, 15) is 8.42 Å². The monoisotopic (exact) mass is 394 g/mol. The molecule has 0 saturated carbocycles. The molecule has 1 aliphatic heterocycles. The van der Waals surface area contributed by atoms with Gasteiger partial charge >= 0.3 is 0 Å². The molecule has 0 amide bonds. The predicted molar refractivity (Wildman–Crippen MR) is 111 cm³/mol. The molecule has 0 atom stereocenters. The zero-order valence-electron chi connectivity index (χ0n) is 15.4. The van der Waals surface area contributed by atoms with E-state index in [4.69, 9.17) is 4.74 Å². The summed E-state index contributed by atoms with van der Waals surface area (Å²) < 4.78 is 32.9. The molecule has 0 spiro atoms. The van der Waals surface area contributed by atoms with Gasteiger partial charge in [-0.25, -0.2) is 8.42 Å². The summed E-state index contributed by atoms with van der Waals surface area (Å²) in [5, 5.41) is 2.32. The molecule has 5 nitrogen and oxygen atoms in total. The average Bonchev–Trinajstić information content (AvgIpc) is 2.74. The van der Waals surface area contributed by atoms with Crippen LogP contribution < -0.4 is 4.74 Å². The van der Waals surface area contributed by atoms with Crippen molar-refractivity contribution in [1.29, 1.82) is 0 Å². The SMILES string of the molecule is O=S(=O)(/C=C/c1ccccc1)N1CCC(Oc2cccc3cccnc23)CC1. The summed E-state index contributed by atoms with van der Waals surface area (Å²) in [5.41, 5.74) is 1.71. The number of pyridine rings is 1. The van der Waals surface area contributed by atoms with E-state index in [0.717, 1.165) is 22.2 Å². The van der Waals surface area contributed by atoms with Crippen LogP contribution in [-0.2, 0) is 10.0 Å². The molecular formula is C22H22N2O3S. The van der Waals surface area contributed by atoms with Crippen LogP contribution in [0, 0.1) is 0 Å². The largest absolute Gasteiger partial charge is 0.488 e. The normalized spacial score (nSPS) is 16.6. The van der Waals surface area contributed by atoms with Crippen molar-refractivity contribution in [2.45, 2.75) is 18.9 Å². The Labute approximate surface area is 165 Å². The van der Waals surface area contributed by atoms with Gasteiger partial charge in [0.2, 0.25) is 10.0 Å². The molecule has 1 saturated heterocycles. The molecule has 2 aromatic carbocycles. The maximum atomic E-state index is 12.6. The maximum absolute atomic E-state index is 12.6. The minimum atomic E-state index is -3.43. The Hall–Kier alpha value is -2.70. The molecule has 0 aliphatic carbocycles. The lowest BCUT2D eigenvalue weighted by atomic mass is 10.1. The molecule has 2 heterocycles. The fourth-order valence-electron chi connectivity index (χ4n) is 3.37. The molecule has 0 N–H and O–H groups in total. The van der Waals surface area contributed by atoms with Gasteiger partial charge in [-0.1, -0.05) is 48.5 Å². The average molecular weight is 394 g/mol. The molecule has 4 rings (SSSR count). The Bertz CT molecular complexity index is 1070. The quantitative estimate of drug-likeness (QED) is 0.654. The van der Waals surface area contributed by atoms with Crippen LogP contribution in [0.25, 0.3) is 17.0 Å². The zero-order valence-corrected chi connectivity index (χ0v) is 16.3. The van der Waals surface area contributed by atoms with Gasteiger partial charge in [0.15, 0.2) is 0 Å². The van der Waals surface area contributed by atoms with Crippen LogP contribution in [0.3, 0.4) is 0 Å². The van der Waals surface area contributed by atoms with Gasteiger partial charge in [0.1, 0.15) is 17.4 Å². The van der Waals surface area contributed by atoms with E-state index in [-0.39, 0.29) is 6.10 Å². The maximum Gasteiger partial charge on any atom is 0.236 e. The molecule has 144 valence electrons. The smallest absolute Gasteiger partial charge is 0.236 e. The lowest BCUT2D eigenvalue weighted by Crippen LogP contribution is -2.40. The van der Waals surface area contributed by atoms with Crippen molar-refractivity contribution in [3.8, 4) is 5.75 Å². The Morgan fingerprint density at radius 2 is 1.71 bits per heavy atom. The summed E-state index contributed by atoms with van der Waals surface area (Å²) in [6.45, 7) is 0.897. The molecule has 0 unspecified atom stereocenters. The molecule has 0 radical (unpaired) electrons. The first-order valence-electron chi connectivity index (χ1n) is 9.35. The van der Waals surface area contributed by atoms with E-state index in [1.54, 1.807) is 12.3 Å². The van der Waals surface area contributed by atoms with E-state index in [0.29, 0.717) is 25.9 Å². The summed E-state index contributed by atoms with van der Waals surface area (Å²) in [6.07, 6.45) is 4.68. The first-order chi connectivity index (χ1) is 13.6. The Morgan fingerprint density at radius 1 is 0.964 bits per heavy atom. The number of ether oxygens (including phenoxy) is 1. The zero-order chi connectivity index (χ0) is 19.4. The van der Waals surface area contributed by atoms with Crippen LogP contribution >= 0.6 is 0 Å². The van der Waals surface area contributed by atoms with Crippen molar-refractivity contribution in [1.82, 2.24) is 9.29 Å². The standard InChI is InChI=1S/C22H22N2O3S/c25-28(26,17-13-18-6-2-1-3-7-18)24-15-11-20(12-16-24)27-21-10-4-8-19-9-5-14-23-22(19)21/h1-10,13-14,17,20H,11-12,15-16H2/b17-13+. The Morgan fingerprint density at radius 3 is 2.50 bits per heavy atom. The van der Waals surface area contributed by atoms with Gasteiger partial charge < -0.3 is 4.74 Å². The summed E-state index contributed by atoms with van der Waals surface area (Å²) in [6, 6.07) is 19.2. The third kappa shape index (κ3) is 4.24. The van der Waals surface area contributed by atoms with Crippen molar-refractivity contribution in [2.75, 3.05) is 13.1 Å². The number of para-hydroxylation sites is 1. The number of hydrogen-bond acceptors (Lipinski definition) is 4. The highest BCUT2D eigenvalue weighted by Gasteiger charge is 2.27. The highest BCUT2D eigenvalue weighted by atomic mass is 32.2. The summed E-state index contributed by atoms with van der Waals surface area (Å²) in [5.74, 6) is 0.753. The van der Waals surface area contributed by atoms with Gasteiger partial charge in [-0.15, -0.1) is 0 Å².